The third kappa shape index (κ3) is 3.32. The summed E-state index contributed by atoms with van der Waals surface area (Å²) in [7, 11) is 0. The second-order valence-electron chi connectivity index (χ2n) is 5.49. The van der Waals surface area contributed by atoms with Crippen molar-refractivity contribution in [3.05, 3.63) is 22.7 Å². The van der Waals surface area contributed by atoms with Crippen molar-refractivity contribution in [3.63, 3.8) is 0 Å². The van der Waals surface area contributed by atoms with Gasteiger partial charge in [-0.25, -0.2) is 4.98 Å². The molecule has 1 unspecified atom stereocenters. The Labute approximate surface area is 107 Å². The van der Waals surface area contributed by atoms with E-state index in [-0.39, 0.29) is 11.6 Å². The third-order valence-corrected chi connectivity index (χ3v) is 3.11. The van der Waals surface area contributed by atoms with Crippen LogP contribution in [0.3, 0.4) is 0 Å². The van der Waals surface area contributed by atoms with E-state index in [1.165, 1.54) is 0 Å². The van der Waals surface area contributed by atoms with E-state index >= 15 is 0 Å². The minimum atomic E-state index is -0.0308. The molecule has 100 valence electrons. The van der Waals surface area contributed by atoms with Crippen LogP contribution < -0.4 is 16.6 Å². The lowest BCUT2D eigenvalue weighted by atomic mass is 10.0. The van der Waals surface area contributed by atoms with Gasteiger partial charge in [0.15, 0.2) is 5.82 Å². The second kappa shape index (κ2) is 5.52. The molecule has 1 aliphatic rings. The van der Waals surface area contributed by atoms with Gasteiger partial charge in [0.05, 0.1) is 0 Å². The van der Waals surface area contributed by atoms with Gasteiger partial charge in [-0.3, -0.25) is 4.79 Å². The van der Waals surface area contributed by atoms with Gasteiger partial charge in [0.25, 0.3) is 5.56 Å². The fraction of sp³-hybridized carbons (Fsp3) is 0.692. The zero-order chi connectivity index (χ0) is 13.1. The number of rotatable bonds is 6. The summed E-state index contributed by atoms with van der Waals surface area (Å²) < 4.78 is 1.77. The van der Waals surface area contributed by atoms with Crippen LogP contribution in [0.1, 0.15) is 39.2 Å². The summed E-state index contributed by atoms with van der Waals surface area (Å²) in [5, 5.41) is 3.07. The maximum atomic E-state index is 12.1. The molecule has 1 aromatic heterocycles. The van der Waals surface area contributed by atoms with E-state index in [2.05, 4.69) is 24.1 Å². The minimum Gasteiger partial charge on any atom is -0.364 e. The third-order valence-electron chi connectivity index (χ3n) is 3.11. The maximum absolute atomic E-state index is 12.1. The van der Waals surface area contributed by atoms with Crippen LogP contribution in [-0.4, -0.2) is 22.1 Å². The molecular weight excluding hydrogens is 228 g/mol. The summed E-state index contributed by atoms with van der Waals surface area (Å²) in [5.41, 5.74) is 5.95. The number of aromatic nitrogens is 2. The molecule has 0 saturated heterocycles. The lowest BCUT2D eigenvalue weighted by Gasteiger charge is -2.15. The molecule has 1 saturated carbocycles. The summed E-state index contributed by atoms with van der Waals surface area (Å²) in [6.45, 7) is 4.87. The van der Waals surface area contributed by atoms with Gasteiger partial charge in [0.2, 0.25) is 0 Å². The molecule has 1 heterocycles. The molecule has 1 atom stereocenters. The molecule has 2 rings (SSSR count). The summed E-state index contributed by atoms with van der Waals surface area (Å²) in [4.78, 5) is 16.2. The Morgan fingerprint density at radius 2 is 2.28 bits per heavy atom. The molecule has 5 nitrogen and oxygen atoms in total. The highest BCUT2D eigenvalue weighted by molar-refractivity contribution is 5.31. The van der Waals surface area contributed by atoms with Crippen molar-refractivity contribution >= 4 is 5.82 Å². The van der Waals surface area contributed by atoms with Crippen LogP contribution in [0.15, 0.2) is 17.2 Å². The summed E-state index contributed by atoms with van der Waals surface area (Å²) in [6.07, 6.45) is 6.57. The molecule has 3 N–H and O–H groups in total. The molecule has 0 radical (unpaired) electrons. The monoisotopic (exact) mass is 250 g/mol. The molecule has 1 aromatic rings. The molecular formula is C13H22N4O. The van der Waals surface area contributed by atoms with Gasteiger partial charge in [-0.2, -0.15) is 0 Å². The zero-order valence-electron chi connectivity index (χ0n) is 11.1. The summed E-state index contributed by atoms with van der Waals surface area (Å²) in [5.74, 6) is 0.984. The predicted octanol–water partition coefficient (Wildman–Crippen LogP) is 1.36. The largest absolute Gasteiger partial charge is 0.364 e. The van der Waals surface area contributed by atoms with Crippen molar-refractivity contribution in [2.24, 2.45) is 11.7 Å². The smallest absolute Gasteiger partial charge is 0.293 e. The summed E-state index contributed by atoms with van der Waals surface area (Å²) >= 11 is 0. The van der Waals surface area contributed by atoms with Gasteiger partial charge in [0.1, 0.15) is 0 Å². The number of nitrogens with two attached hydrogens (primary N) is 1. The highest BCUT2D eigenvalue weighted by Gasteiger charge is 2.25. The Bertz CT molecular complexity index is 451. The quantitative estimate of drug-likeness (QED) is 0.799. The van der Waals surface area contributed by atoms with E-state index in [0.29, 0.717) is 24.3 Å². The Balaban J connectivity index is 1.97. The van der Waals surface area contributed by atoms with E-state index in [1.54, 1.807) is 17.0 Å². The van der Waals surface area contributed by atoms with Gasteiger partial charge in [0, 0.05) is 31.0 Å². The van der Waals surface area contributed by atoms with Crippen LogP contribution in [-0.2, 0) is 0 Å². The predicted molar refractivity (Wildman–Crippen MR) is 72.7 cm³/mol. The van der Waals surface area contributed by atoms with E-state index in [1.807, 2.05) is 0 Å². The van der Waals surface area contributed by atoms with Crippen LogP contribution in [0, 0.1) is 5.92 Å². The Hall–Kier alpha value is -1.36. The first-order chi connectivity index (χ1) is 8.58. The fourth-order valence-corrected chi connectivity index (χ4v) is 2.10. The van der Waals surface area contributed by atoms with Crippen molar-refractivity contribution in [1.29, 1.82) is 0 Å². The van der Waals surface area contributed by atoms with Gasteiger partial charge in [-0.15, -0.1) is 0 Å². The van der Waals surface area contributed by atoms with Gasteiger partial charge in [-0.05, 0) is 25.2 Å². The number of nitrogens with one attached hydrogen (secondary N) is 1. The van der Waals surface area contributed by atoms with E-state index in [0.717, 1.165) is 19.3 Å². The van der Waals surface area contributed by atoms with Gasteiger partial charge < -0.3 is 15.6 Å². The molecule has 0 aromatic carbocycles. The van der Waals surface area contributed by atoms with Crippen molar-refractivity contribution < 1.29 is 0 Å². The topological polar surface area (TPSA) is 72.9 Å². The number of hydrogen-bond donors (Lipinski definition) is 2. The number of nitrogens with zero attached hydrogens (tertiary/aromatic N) is 2. The highest BCUT2D eigenvalue weighted by atomic mass is 16.1. The second-order valence-corrected chi connectivity index (χ2v) is 5.49. The SMILES string of the molecule is CC(C)CC(N)CNc1nccn(C2CC2)c1=O. The molecule has 0 amide bonds. The molecule has 5 heteroatoms. The van der Waals surface area contributed by atoms with Crippen LogP contribution in [0.2, 0.25) is 0 Å². The molecule has 18 heavy (non-hydrogen) atoms. The normalized spacial score (nSPS) is 16.9. The first kappa shape index (κ1) is 13.1. The van der Waals surface area contributed by atoms with E-state index in [4.69, 9.17) is 5.73 Å². The van der Waals surface area contributed by atoms with Gasteiger partial charge in [-0.1, -0.05) is 13.8 Å². The van der Waals surface area contributed by atoms with Crippen LogP contribution in [0.4, 0.5) is 5.82 Å². The van der Waals surface area contributed by atoms with Crippen LogP contribution in [0.5, 0.6) is 0 Å². The standard InChI is InChI=1S/C13H22N4O/c1-9(2)7-10(14)8-16-12-13(18)17(6-5-15-12)11-3-4-11/h5-6,9-11H,3-4,7-8,14H2,1-2H3,(H,15,16). The van der Waals surface area contributed by atoms with Crippen molar-refractivity contribution in [2.75, 3.05) is 11.9 Å². The van der Waals surface area contributed by atoms with Gasteiger partial charge >= 0.3 is 0 Å². The maximum Gasteiger partial charge on any atom is 0.293 e. The summed E-state index contributed by atoms with van der Waals surface area (Å²) in [6, 6.07) is 0.436. The molecule has 0 spiro atoms. The number of hydrogen-bond acceptors (Lipinski definition) is 4. The molecule has 0 aliphatic heterocycles. The average molecular weight is 250 g/mol. The average Bonchev–Trinajstić information content (AvgIpc) is 3.10. The Morgan fingerprint density at radius 3 is 2.89 bits per heavy atom. The van der Waals surface area contributed by atoms with Crippen molar-refractivity contribution in [1.82, 2.24) is 9.55 Å². The highest BCUT2D eigenvalue weighted by Crippen LogP contribution is 2.33. The van der Waals surface area contributed by atoms with E-state index < -0.39 is 0 Å². The zero-order valence-corrected chi connectivity index (χ0v) is 11.1. The number of anilines is 1. The van der Waals surface area contributed by atoms with Crippen LogP contribution in [0.25, 0.3) is 0 Å². The molecule has 1 aliphatic carbocycles. The first-order valence-electron chi connectivity index (χ1n) is 6.64. The fourth-order valence-electron chi connectivity index (χ4n) is 2.10. The van der Waals surface area contributed by atoms with Crippen molar-refractivity contribution in [3.8, 4) is 0 Å². The molecule has 0 bridgehead atoms. The Kier molecular flexibility index (Phi) is 4.01. The molecule has 1 fully saturated rings. The lowest BCUT2D eigenvalue weighted by Crippen LogP contribution is -2.33. The van der Waals surface area contributed by atoms with Crippen LogP contribution >= 0.6 is 0 Å². The van der Waals surface area contributed by atoms with E-state index in [9.17, 15) is 4.79 Å². The van der Waals surface area contributed by atoms with Crippen molar-refractivity contribution in [2.45, 2.75) is 45.2 Å². The Morgan fingerprint density at radius 1 is 1.56 bits per heavy atom. The first-order valence-corrected chi connectivity index (χ1v) is 6.64. The lowest BCUT2D eigenvalue weighted by molar-refractivity contribution is 0.507. The minimum absolute atomic E-state index is 0.0308.